The van der Waals surface area contributed by atoms with Crippen molar-refractivity contribution in [3.05, 3.63) is 57.7 Å². The smallest absolute Gasteiger partial charge is 0.252 e. The Balaban J connectivity index is 1.50. The van der Waals surface area contributed by atoms with E-state index in [4.69, 9.17) is 11.6 Å². The van der Waals surface area contributed by atoms with E-state index in [1.54, 1.807) is 12.1 Å². The Morgan fingerprint density at radius 3 is 2.79 bits per heavy atom. The summed E-state index contributed by atoms with van der Waals surface area (Å²) in [4.78, 5) is 19.0. The summed E-state index contributed by atoms with van der Waals surface area (Å²) >= 11 is 9.48. The van der Waals surface area contributed by atoms with Gasteiger partial charge in [-0.15, -0.1) is 0 Å². The molecule has 1 aromatic carbocycles. The van der Waals surface area contributed by atoms with Gasteiger partial charge in [0.05, 0.1) is 10.6 Å². The van der Waals surface area contributed by atoms with E-state index in [0.717, 1.165) is 36.2 Å². The molecular formula is C18H19BrClN3O. The number of amides is 1. The van der Waals surface area contributed by atoms with Gasteiger partial charge in [0.15, 0.2) is 0 Å². The fraction of sp³-hybridized carbons (Fsp3) is 0.333. The van der Waals surface area contributed by atoms with E-state index < -0.39 is 0 Å². The molecule has 0 atom stereocenters. The van der Waals surface area contributed by atoms with Gasteiger partial charge in [-0.3, -0.25) is 4.79 Å². The lowest BCUT2D eigenvalue weighted by Crippen LogP contribution is -2.39. The highest BCUT2D eigenvalue weighted by Crippen LogP contribution is 2.23. The molecule has 1 aliphatic rings. The molecule has 2 aromatic rings. The van der Waals surface area contributed by atoms with Gasteiger partial charge >= 0.3 is 0 Å². The van der Waals surface area contributed by atoms with Gasteiger partial charge < -0.3 is 10.2 Å². The zero-order valence-electron chi connectivity index (χ0n) is 13.2. The van der Waals surface area contributed by atoms with Crippen LogP contribution in [-0.2, 0) is 0 Å². The summed E-state index contributed by atoms with van der Waals surface area (Å²) in [7, 11) is 0. The van der Waals surface area contributed by atoms with Gasteiger partial charge in [-0.05, 0) is 49.1 Å². The van der Waals surface area contributed by atoms with Crippen LogP contribution in [0.2, 0.25) is 5.02 Å². The second kappa shape index (κ2) is 7.99. The van der Waals surface area contributed by atoms with Crippen LogP contribution in [0.1, 0.15) is 23.2 Å². The van der Waals surface area contributed by atoms with E-state index in [2.05, 4.69) is 31.1 Å². The van der Waals surface area contributed by atoms with Crippen molar-refractivity contribution in [1.29, 1.82) is 0 Å². The van der Waals surface area contributed by atoms with Crippen molar-refractivity contribution in [2.45, 2.75) is 12.8 Å². The number of aromatic nitrogens is 1. The lowest BCUT2D eigenvalue weighted by Gasteiger charge is -2.32. The van der Waals surface area contributed by atoms with Crippen LogP contribution >= 0.6 is 27.5 Å². The van der Waals surface area contributed by atoms with Crippen molar-refractivity contribution in [3.8, 4) is 0 Å². The predicted molar refractivity (Wildman–Crippen MR) is 101 cm³/mol. The van der Waals surface area contributed by atoms with Gasteiger partial charge in [0.1, 0.15) is 5.82 Å². The van der Waals surface area contributed by atoms with Gasteiger partial charge in [-0.1, -0.05) is 33.6 Å². The lowest BCUT2D eigenvalue weighted by molar-refractivity contribution is 0.0945. The number of carbonyl (C=O) groups is 1. The number of benzene rings is 1. The number of nitrogens with one attached hydrogen (secondary N) is 1. The van der Waals surface area contributed by atoms with Crippen molar-refractivity contribution in [3.63, 3.8) is 0 Å². The van der Waals surface area contributed by atoms with Crippen molar-refractivity contribution in [2.75, 3.05) is 24.5 Å². The monoisotopic (exact) mass is 407 g/mol. The normalized spacial score (nSPS) is 15.3. The summed E-state index contributed by atoms with van der Waals surface area (Å²) in [6, 6.07) is 11.3. The SMILES string of the molecule is O=C(NCC1CCN(c2ccccn2)CC1)c1cc(Br)ccc1Cl. The molecule has 1 aromatic heterocycles. The summed E-state index contributed by atoms with van der Waals surface area (Å²) in [6.45, 7) is 2.61. The maximum atomic E-state index is 12.3. The zero-order chi connectivity index (χ0) is 16.9. The van der Waals surface area contributed by atoms with E-state index in [9.17, 15) is 4.79 Å². The molecule has 0 aliphatic carbocycles. The summed E-state index contributed by atoms with van der Waals surface area (Å²) in [6.07, 6.45) is 3.91. The van der Waals surface area contributed by atoms with Crippen molar-refractivity contribution in [1.82, 2.24) is 10.3 Å². The van der Waals surface area contributed by atoms with E-state index in [1.807, 2.05) is 30.5 Å². The van der Waals surface area contributed by atoms with Crippen LogP contribution < -0.4 is 10.2 Å². The molecule has 4 nitrogen and oxygen atoms in total. The highest BCUT2D eigenvalue weighted by atomic mass is 79.9. The minimum Gasteiger partial charge on any atom is -0.357 e. The van der Waals surface area contributed by atoms with Gasteiger partial charge in [0.25, 0.3) is 5.91 Å². The fourth-order valence-electron chi connectivity index (χ4n) is 2.91. The lowest BCUT2D eigenvalue weighted by atomic mass is 9.96. The maximum absolute atomic E-state index is 12.3. The first-order valence-corrected chi connectivity index (χ1v) is 9.20. The summed E-state index contributed by atoms with van der Waals surface area (Å²) < 4.78 is 0.848. The average Bonchev–Trinajstić information content (AvgIpc) is 2.63. The molecule has 1 N–H and O–H groups in total. The molecule has 0 spiro atoms. The number of piperidine rings is 1. The maximum Gasteiger partial charge on any atom is 0.252 e. The predicted octanol–water partition coefficient (Wildman–Crippen LogP) is 4.14. The van der Waals surface area contributed by atoms with Crippen molar-refractivity contribution >= 4 is 39.3 Å². The fourth-order valence-corrected chi connectivity index (χ4v) is 3.48. The quantitative estimate of drug-likeness (QED) is 0.827. The third-order valence-electron chi connectivity index (χ3n) is 4.31. The number of nitrogens with zero attached hydrogens (tertiary/aromatic N) is 2. The third-order valence-corrected chi connectivity index (χ3v) is 5.13. The Bertz CT molecular complexity index is 703. The molecule has 1 fully saturated rings. The minimum absolute atomic E-state index is 0.117. The van der Waals surface area contributed by atoms with Gasteiger partial charge in [0, 0.05) is 30.3 Å². The number of pyridine rings is 1. The standard InChI is InChI=1S/C18H19BrClN3O/c19-14-4-5-16(20)15(11-14)18(24)22-12-13-6-9-23(10-7-13)17-3-1-2-8-21-17/h1-5,8,11,13H,6-7,9-10,12H2,(H,22,24). The van der Waals surface area contributed by atoms with Crippen molar-refractivity contribution < 1.29 is 4.79 Å². The van der Waals surface area contributed by atoms with Crippen LogP contribution in [0.5, 0.6) is 0 Å². The van der Waals surface area contributed by atoms with Gasteiger partial charge in [-0.25, -0.2) is 4.98 Å². The molecule has 2 heterocycles. The number of hydrogen-bond acceptors (Lipinski definition) is 3. The average molecular weight is 409 g/mol. The highest BCUT2D eigenvalue weighted by Gasteiger charge is 2.21. The first-order valence-electron chi connectivity index (χ1n) is 8.02. The number of anilines is 1. The van der Waals surface area contributed by atoms with Crippen molar-refractivity contribution in [2.24, 2.45) is 5.92 Å². The zero-order valence-corrected chi connectivity index (χ0v) is 15.6. The van der Waals surface area contributed by atoms with Crippen LogP contribution in [0.4, 0.5) is 5.82 Å². The van der Waals surface area contributed by atoms with E-state index >= 15 is 0 Å². The molecule has 0 unspecified atom stereocenters. The number of hydrogen-bond donors (Lipinski definition) is 1. The number of carbonyl (C=O) groups excluding carboxylic acids is 1. The molecule has 1 amide bonds. The molecule has 6 heteroatoms. The second-order valence-corrected chi connectivity index (χ2v) is 7.28. The second-order valence-electron chi connectivity index (χ2n) is 5.95. The third kappa shape index (κ3) is 4.28. The topological polar surface area (TPSA) is 45.2 Å². The molecule has 0 bridgehead atoms. The number of rotatable bonds is 4. The molecule has 3 rings (SSSR count). The molecular weight excluding hydrogens is 390 g/mol. The summed E-state index contributed by atoms with van der Waals surface area (Å²) in [5.74, 6) is 1.40. The summed E-state index contributed by atoms with van der Waals surface area (Å²) in [5.41, 5.74) is 0.511. The van der Waals surface area contributed by atoms with Gasteiger partial charge in [0.2, 0.25) is 0 Å². The van der Waals surface area contributed by atoms with Crippen LogP contribution in [0.15, 0.2) is 47.1 Å². The molecule has 126 valence electrons. The first-order chi connectivity index (χ1) is 11.6. The van der Waals surface area contributed by atoms with Crippen LogP contribution in [0, 0.1) is 5.92 Å². The van der Waals surface area contributed by atoms with Crippen LogP contribution in [0.25, 0.3) is 0 Å². The van der Waals surface area contributed by atoms with Gasteiger partial charge in [-0.2, -0.15) is 0 Å². The minimum atomic E-state index is -0.117. The molecule has 0 saturated carbocycles. The highest BCUT2D eigenvalue weighted by molar-refractivity contribution is 9.10. The molecule has 24 heavy (non-hydrogen) atoms. The van der Waals surface area contributed by atoms with E-state index in [-0.39, 0.29) is 5.91 Å². The van der Waals surface area contributed by atoms with Crippen LogP contribution in [0.3, 0.4) is 0 Å². The summed E-state index contributed by atoms with van der Waals surface area (Å²) in [5, 5.41) is 3.49. The van der Waals surface area contributed by atoms with Crippen LogP contribution in [-0.4, -0.2) is 30.5 Å². The molecule has 0 radical (unpaired) electrons. The Labute approximate surface area is 155 Å². The Morgan fingerprint density at radius 1 is 1.29 bits per heavy atom. The van der Waals surface area contributed by atoms with E-state index in [1.165, 1.54) is 0 Å². The molecule has 1 aliphatic heterocycles. The first kappa shape index (κ1) is 17.2. The Morgan fingerprint density at radius 2 is 2.08 bits per heavy atom. The molecule has 1 saturated heterocycles. The largest absolute Gasteiger partial charge is 0.357 e. The Kier molecular flexibility index (Phi) is 5.74. The van der Waals surface area contributed by atoms with E-state index in [0.29, 0.717) is 23.0 Å². The number of halogens is 2. The Hall–Kier alpha value is -1.59.